The quantitative estimate of drug-likeness (QED) is 0.679. The van der Waals surface area contributed by atoms with Gasteiger partial charge in [-0.05, 0) is 50.2 Å². The molecule has 0 spiro atoms. The fourth-order valence-corrected chi connectivity index (χ4v) is 6.26. The monoisotopic (exact) mass is 440 g/mol. The molecule has 1 aromatic heterocycles. The summed E-state index contributed by atoms with van der Waals surface area (Å²) in [4.78, 5) is 37.0. The number of ether oxygens (including phenoxy) is 1. The van der Waals surface area contributed by atoms with Crippen molar-refractivity contribution in [1.29, 1.82) is 0 Å². The van der Waals surface area contributed by atoms with Crippen molar-refractivity contribution in [2.75, 3.05) is 39.3 Å². The van der Waals surface area contributed by atoms with Crippen molar-refractivity contribution >= 4 is 11.8 Å². The summed E-state index contributed by atoms with van der Waals surface area (Å²) in [6.45, 7) is 7.94. The van der Waals surface area contributed by atoms with Crippen molar-refractivity contribution in [3.63, 3.8) is 0 Å². The molecule has 0 aromatic carbocycles. The molecule has 0 N–H and O–H groups in total. The smallest absolute Gasteiger partial charge is 0.225 e. The molecule has 4 aliphatic rings. The fourth-order valence-electron chi connectivity index (χ4n) is 6.26. The van der Waals surface area contributed by atoms with Crippen LogP contribution in [0.25, 0.3) is 0 Å². The Hall–Kier alpha value is -1.99. The summed E-state index contributed by atoms with van der Waals surface area (Å²) in [6.07, 6.45) is 7.23. The normalized spacial score (nSPS) is 30.3. The van der Waals surface area contributed by atoms with Gasteiger partial charge >= 0.3 is 0 Å². The lowest BCUT2D eigenvalue weighted by Crippen LogP contribution is -2.37. The molecule has 2 amide bonds. The maximum absolute atomic E-state index is 13.0. The van der Waals surface area contributed by atoms with E-state index in [9.17, 15) is 9.59 Å². The summed E-state index contributed by atoms with van der Waals surface area (Å²) in [5.41, 5.74) is 2.29. The third-order valence-corrected chi connectivity index (χ3v) is 8.04. The topological polar surface area (TPSA) is 66.0 Å². The maximum atomic E-state index is 13.0. The lowest BCUT2D eigenvalue weighted by Gasteiger charge is -2.26. The number of carbonyl (C=O) groups is 2. The molecule has 32 heavy (non-hydrogen) atoms. The molecule has 0 bridgehead atoms. The standard InChI is InChI=1S/C25H36N4O3/c1-18-7-6-8-26-20(18)16-29-15-19(13-23(30)27-9-2-3-10-27)25-21(29)17-32-22(25)14-24(31)28-11-4-5-12-28/h6-8,19,21-22,25H,2-5,9-17H2,1H3/t19-,21-,22+,25-/m1/s1. The van der Waals surface area contributed by atoms with E-state index < -0.39 is 0 Å². The largest absolute Gasteiger partial charge is 0.376 e. The molecule has 7 heteroatoms. The van der Waals surface area contributed by atoms with Crippen LogP contribution in [0.3, 0.4) is 0 Å². The molecule has 1 aromatic rings. The molecule has 4 aliphatic heterocycles. The van der Waals surface area contributed by atoms with Crippen LogP contribution in [0.2, 0.25) is 0 Å². The molecule has 0 unspecified atom stereocenters. The van der Waals surface area contributed by atoms with Gasteiger partial charge in [0.25, 0.3) is 0 Å². The van der Waals surface area contributed by atoms with E-state index in [1.54, 1.807) is 0 Å². The van der Waals surface area contributed by atoms with Crippen LogP contribution >= 0.6 is 0 Å². The Morgan fingerprint density at radius 3 is 2.34 bits per heavy atom. The highest BCUT2D eigenvalue weighted by Gasteiger charge is 2.51. The molecule has 5 heterocycles. The second kappa shape index (κ2) is 9.48. The van der Waals surface area contributed by atoms with Gasteiger partial charge in [0, 0.05) is 63.8 Å². The van der Waals surface area contributed by atoms with Crippen LogP contribution < -0.4 is 0 Å². The number of likely N-dealkylation sites (tertiary alicyclic amines) is 3. The third-order valence-electron chi connectivity index (χ3n) is 8.04. The molecule has 0 radical (unpaired) electrons. The highest BCUT2D eigenvalue weighted by atomic mass is 16.5. The Kier molecular flexibility index (Phi) is 6.47. The Morgan fingerprint density at radius 1 is 1.03 bits per heavy atom. The van der Waals surface area contributed by atoms with Gasteiger partial charge in [-0.2, -0.15) is 0 Å². The van der Waals surface area contributed by atoms with Gasteiger partial charge in [-0.3, -0.25) is 19.5 Å². The zero-order valence-electron chi connectivity index (χ0n) is 19.2. The molecule has 4 saturated heterocycles. The van der Waals surface area contributed by atoms with E-state index in [1.165, 1.54) is 5.56 Å². The van der Waals surface area contributed by atoms with Gasteiger partial charge in [-0.1, -0.05) is 6.07 Å². The van der Waals surface area contributed by atoms with Gasteiger partial charge in [0.1, 0.15) is 0 Å². The molecule has 5 rings (SSSR count). The van der Waals surface area contributed by atoms with Crippen molar-refractivity contribution in [2.45, 2.75) is 64.1 Å². The van der Waals surface area contributed by atoms with Crippen LogP contribution in [0.15, 0.2) is 18.3 Å². The minimum atomic E-state index is -0.0840. The second-order valence-electron chi connectivity index (χ2n) is 10.1. The summed E-state index contributed by atoms with van der Waals surface area (Å²) in [5.74, 6) is 0.962. The summed E-state index contributed by atoms with van der Waals surface area (Å²) in [6, 6.07) is 4.33. The van der Waals surface area contributed by atoms with Crippen molar-refractivity contribution in [3.05, 3.63) is 29.6 Å². The molecular weight excluding hydrogens is 404 g/mol. The predicted molar refractivity (Wildman–Crippen MR) is 121 cm³/mol. The Balaban J connectivity index is 1.32. The van der Waals surface area contributed by atoms with Gasteiger partial charge in [-0.15, -0.1) is 0 Å². The lowest BCUT2D eigenvalue weighted by atomic mass is 9.84. The van der Waals surface area contributed by atoms with Crippen LogP contribution in [0.5, 0.6) is 0 Å². The van der Waals surface area contributed by atoms with Crippen molar-refractivity contribution < 1.29 is 14.3 Å². The number of hydrogen-bond donors (Lipinski definition) is 0. The second-order valence-corrected chi connectivity index (χ2v) is 10.1. The summed E-state index contributed by atoms with van der Waals surface area (Å²) < 4.78 is 6.25. The van der Waals surface area contributed by atoms with E-state index in [0.717, 1.165) is 70.6 Å². The lowest BCUT2D eigenvalue weighted by molar-refractivity contribution is -0.133. The van der Waals surface area contributed by atoms with E-state index in [2.05, 4.69) is 22.9 Å². The third kappa shape index (κ3) is 4.42. The summed E-state index contributed by atoms with van der Waals surface area (Å²) >= 11 is 0. The molecule has 7 nitrogen and oxygen atoms in total. The number of carbonyl (C=O) groups excluding carboxylic acids is 2. The predicted octanol–water partition coefficient (Wildman–Crippen LogP) is 2.23. The highest BCUT2D eigenvalue weighted by Crippen LogP contribution is 2.42. The van der Waals surface area contributed by atoms with Crippen molar-refractivity contribution in [3.8, 4) is 0 Å². The first kappa shape index (κ1) is 21.8. The van der Waals surface area contributed by atoms with Crippen molar-refractivity contribution in [1.82, 2.24) is 19.7 Å². The average Bonchev–Trinajstić information content (AvgIpc) is 3.58. The van der Waals surface area contributed by atoms with E-state index in [0.29, 0.717) is 19.4 Å². The number of pyridine rings is 1. The van der Waals surface area contributed by atoms with Crippen LogP contribution in [0, 0.1) is 18.8 Å². The van der Waals surface area contributed by atoms with Crippen LogP contribution in [-0.4, -0.2) is 83.0 Å². The highest BCUT2D eigenvalue weighted by molar-refractivity contribution is 5.78. The summed E-state index contributed by atoms with van der Waals surface area (Å²) in [5, 5.41) is 0. The number of hydrogen-bond acceptors (Lipinski definition) is 5. The first-order chi connectivity index (χ1) is 15.6. The van der Waals surface area contributed by atoms with E-state index >= 15 is 0 Å². The zero-order chi connectivity index (χ0) is 22.1. The van der Waals surface area contributed by atoms with Gasteiger partial charge in [0.2, 0.25) is 11.8 Å². The van der Waals surface area contributed by atoms with Gasteiger partial charge in [0.15, 0.2) is 0 Å². The number of aryl methyl sites for hydroxylation is 1. The maximum Gasteiger partial charge on any atom is 0.225 e. The summed E-state index contributed by atoms with van der Waals surface area (Å²) in [7, 11) is 0. The van der Waals surface area contributed by atoms with Crippen LogP contribution in [0.1, 0.15) is 49.8 Å². The Labute approximate surface area is 191 Å². The van der Waals surface area contributed by atoms with Crippen molar-refractivity contribution in [2.24, 2.45) is 11.8 Å². The molecular formula is C25H36N4O3. The van der Waals surface area contributed by atoms with Crippen LogP contribution in [0.4, 0.5) is 0 Å². The zero-order valence-corrected chi connectivity index (χ0v) is 19.2. The van der Waals surface area contributed by atoms with Gasteiger partial charge < -0.3 is 14.5 Å². The van der Waals surface area contributed by atoms with Crippen LogP contribution in [-0.2, 0) is 20.9 Å². The minimum Gasteiger partial charge on any atom is -0.376 e. The first-order valence-corrected chi connectivity index (χ1v) is 12.4. The molecule has 4 fully saturated rings. The van der Waals surface area contributed by atoms with E-state index in [-0.39, 0.29) is 35.8 Å². The number of nitrogens with zero attached hydrogens (tertiary/aromatic N) is 4. The fraction of sp³-hybridized carbons (Fsp3) is 0.720. The number of aromatic nitrogens is 1. The molecule has 0 saturated carbocycles. The number of fused-ring (bicyclic) bond motifs is 1. The molecule has 174 valence electrons. The van der Waals surface area contributed by atoms with E-state index in [1.807, 2.05) is 22.1 Å². The Morgan fingerprint density at radius 2 is 1.69 bits per heavy atom. The first-order valence-electron chi connectivity index (χ1n) is 12.4. The SMILES string of the molecule is Cc1cccnc1CN1C[C@@H](CC(=O)N2CCCC2)[C@H]2[C@H](CC(=O)N3CCCC3)OC[C@H]21. The van der Waals surface area contributed by atoms with E-state index in [4.69, 9.17) is 4.74 Å². The number of rotatable bonds is 6. The molecule has 4 atom stereocenters. The van der Waals surface area contributed by atoms with Gasteiger partial charge in [0.05, 0.1) is 24.8 Å². The minimum absolute atomic E-state index is 0.0840. The average molecular weight is 441 g/mol. The Bertz CT molecular complexity index is 834. The molecule has 0 aliphatic carbocycles. The van der Waals surface area contributed by atoms with Gasteiger partial charge in [-0.25, -0.2) is 0 Å². The number of amides is 2.